The Hall–Kier alpha value is -1.08. The monoisotopic (exact) mass is 286 g/mol. The van der Waals surface area contributed by atoms with Crippen LogP contribution in [-0.2, 0) is 23.4 Å². The van der Waals surface area contributed by atoms with Crippen molar-refractivity contribution in [3.05, 3.63) is 11.3 Å². The molecule has 0 radical (unpaired) electrons. The second-order valence-corrected chi connectivity index (χ2v) is 7.43. The average molecular weight is 286 g/mol. The summed E-state index contributed by atoms with van der Waals surface area (Å²) >= 11 is 0. The van der Waals surface area contributed by atoms with Crippen molar-refractivity contribution in [3.8, 4) is 0 Å². The molecule has 2 rings (SSSR count). The number of nitrogens with one attached hydrogen (secondary N) is 1. The lowest BCUT2D eigenvalue weighted by molar-refractivity contribution is 0.560. The van der Waals surface area contributed by atoms with E-state index in [9.17, 15) is 8.42 Å². The Morgan fingerprint density at radius 1 is 1.47 bits per heavy atom. The third-order valence-electron chi connectivity index (χ3n) is 3.61. The summed E-state index contributed by atoms with van der Waals surface area (Å²) in [5.74, 6) is 1.48. The van der Waals surface area contributed by atoms with Crippen LogP contribution in [0.2, 0.25) is 0 Å². The first kappa shape index (κ1) is 14.3. The van der Waals surface area contributed by atoms with E-state index in [2.05, 4.69) is 15.3 Å². The van der Waals surface area contributed by atoms with E-state index in [1.165, 1.54) is 0 Å². The summed E-state index contributed by atoms with van der Waals surface area (Å²) in [6.07, 6.45) is 0. The molecule has 0 aliphatic carbocycles. The Morgan fingerprint density at radius 3 is 2.74 bits per heavy atom. The van der Waals surface area contributed by atoms with Crippen molar-refractivity contribution in [1.29, 1.82) is 0 Å². The van der Waals surface area contributed by atoms with Crippen molar-refractivity contribution in [3.63, 3.8) is 0 Å². The largest absolute Gasteiger partial charge is 0.352 e. The molecule has 0 bridgehead atoms. The number of sulfone groups is 1. The van der Waals surface area contributed by atoms with Crippen molar-refractivity contribution >= 4 is 15.7 Å². The van der Waals surface area contributed by atoms with Crippen molar-refractivity contribution in [2.24, 2.45) is 7.05 Å². The van der Waals surface area contributed by atoms with E-state index in [0.717, 1.165) is 23.6 Å². The number of anilines is 1. The Bertz CT molecular complexity index is 565. The van der Waals surface area contributed by atoms with Gasteiger partial charge in [-0.25, -0.2) is 8.42 Å². The van der Waals surface area contributed by atoms with Crippen molar-refractivity contribution in [2.45, 2.75) is 26.4 Å². The highest BCUT2D eigenvalue weighted by Crippen LogP contribution is 2.27. The molecule has 1 fully saturated rings. The minimum atomic E-state index is -2.89. The van der Waals surface area contributed by atoms with Crippen molar-refractivity contribution in [1.82, 2.24) is 15.1 Å². The van der Waals surface area contributed by atoms with Gasteiger partial charge < -0.3 is 10.2 Å². The molecule has 1 N–H and O–H groups in total. The number of aromatic nitrogens is 2. The van der Waals surface area contributed by atoms with Gasteiger partial charge in [0.2, 0.25) is 0 Å². The maximum atomic E-state index is 11.7. The topological polar surface area (TPSA) is 67.2 Å². The van der Waals surface area contributed by atoms with Gasteiger partial charge in [0.15, 0.2) is 9.84 Å². The maximum absolute atomic E-state index is 11.7. The fourth-order valence-electron chi connectivity index (χ4n) is 2.75. The van der Waals surface area contributed by atoms with Gasteiger partial charge in [-0.1, -0.05) is 0 Å². The molecule has 1 atom stereocenters. The van der Waals surface area contributed by atoms with Gasteiger partial charge in [-0.05, 0) is 20.9 Å². The van der Waals surface area contributed by atoms with E-state index in [1.54, 1.807) is 0 Å². The predicted molar refractivity (Wildman–Crippen MR) is 76.2 cm³/mol. The van der Waals surface area contributed by atoms with Gasteiger partial charge in [-0.15, -0.1) is 0 Å². The van der Waals surface area contributed by atoms with Crippen LogP contribution in [0, 0.1) is 6.92 Å². The molecule has 0 spiro atoms. The molecule has 0 amide bonds. The molecular weight excluding hydrogens is 264 g/mol. The molecule has 0 saturated carbocycles. The minimum Gasteiger partial charge on any atom is -0.352 e. The lowest BCUT2D eigenvalue weighted by Crippen LogP contribution is -2.48. The van der Waals surface area contributed by atoms with E-state index in [4.69, 9.17) is 0 Å². The first-order valence-electron chi connectivity index (χ1n) is 6.50. The first-order chi connectivity index (χ1) is 8.85. The molecule has 2 heterocycles. The van der Waals surface area contributed by atoms with Gasteiger partial charge in [-0.2, -0.15) is 5.10 Å². The van der Waals surface area contributed by atoms with Crippen LogP contribution < -0.4 is 10.2 Å². The molecule has 19 heavy (non-hydrogen) atoms. The molecule has 108 valence electrons. The quantitative estimate of drug-likeness (QED) is 0.852. The van der Waals surface area contributed by atoms with Gasteiger partial charge >= 0.3 is 0 Å². The van der Waals surface area contributed by atoms with Gasteiger partial charge in [0.1, 0.15) is 5.82 Å². The van der Waals surface area contributed by atoms with Crippen LogP contribution >= 0.6 is 0 Å². The zero-order chi connectivity index (χ0) is 14.2. The molecule has 6 nitrogen and oxygen atoms in total. The maximum Gasteiger partial charge on any atom is 0.154 e. The normalized spacial score (nSPS) is 22.7. The van der Waals surface area contributed by atoms with Crippen LogP contribution in [-0.4, -0.2) is 49.3 Å². The zero-order valence-corrected chi connectivity index (χ0v) is 12.8. The van der Waals surface area contributed by atoms with Crippen LogP contribution in [0.5, 0.6) is 0 Å². The van der Waals surface area contributed by atoms with E-state index < -0.39 is 9.84 Å². The molecule has 1 unspecified atom stereocenters. The predicted octanol–water partition coefficient (Wildman–Crippen LogP) is 0.0712. The molecule has 1 aromatic rings. The van der Waals surface area contributed by atoms with E-state index in [-0.39, 0.29) is 17.5 Å². The molecule has 1 aromatic heterocycles. The number of rotatable bonds is 3. The fourth-order valence-corrected chi connectivity index (χ4v) is 4.30. The van der Waals surface area contributed by atoms with Gasteiger partial charge in [0, 0.05) is 31.7 Å². The van der Waals surface area contributed by atoms with Crippen molar-refractivity contribution in [2.75, 3.05) is 30.0 Å². The second kappa shape index (κ2) is 5.13. The Kier molecular flexibility index (Phi) is 3.87. The molecule has 1 saturated heterocycles. The van der Waals surface area contributed by atoms with Crippen LogP contribution in [0.1, 0.15) is 18.2 Å². The lowest BCUT2D eigenvalue weighted by Gasteiger charge is -2.35. The van der Waals surface area contributed by atoms with E-state index >= 15 is 0 Å². The molecule has 7 heteroatoms. The van der Waals surface area contributed by atoms with E-state index in [0.29, 0.717) is 6.54 Å². The number of hydrogen-bond acceptors (Lipinski definition) is 5. The first-order valence-corrected chi connectivity index (χ1v) is 8.32. The summed E-state index contributed by atoms with van der Waals surface area (Å²) in [6.45, 7) is 5.23. The average Bonchev–Trinajstić information content (AvgIpc) is 2.55. The van der Waals surface area contributed by atoms with Gasteiger partial charge in [-0.3, -0.25) is 4.68 Å². The highest BCUT2D eigenvalue weighted by molar-refractivity contribution is 7.91. The SMILES string of the molecule is CNCc1c(C)nn(C)c1N1CCS(=O)(=O)CC1C. The number of aryl methyl sites for hydroxylation is 2. The summed E-state index contributed by atoms with van der Waals surface area (Å²) in [4.78, 5) is 2.16. The Labute approximate surface area is 114 Å². The zero-order valence-electron chi connectivity index (χ0n) is 12.0. The van der Waals surface area contributed by atoms with Crippen molar-refractivity contribution < 1.29 is 8.42 Å². The molecule has 0 aromatic carbocycles. The molecular formula is C12H22N4O2S. The highest BCUT2D eigenvalue weighted by atomic mass is 32.2. The van der Waals surface area contributed by atoms with Gasteiger partial charge in [0.05, 0.1) is 17.2 Å². The third kappa shape index (κ3) is 2.76. The molecule has 1 aliphatic rings. The third-order valence-corrected chi connectivity index (χ3v) is 5.40. The lowest BCUT2D eigenvalue weighted by atomic mass is 10.2. The number of hydrogen-bond donors (Lipinski definition) is 1. The fraction of sp³-hybridized carbons (Fsp3) is 0.750. The standard InChI is InChI=1S/C12H22N4O2S/c1-9-8-19(17,18)6-5-16(9)12-11(7-13-3)10(2)14-15(12)4/h9,13H,5-8H2,1-4H3. The van der Waals surface area contributed by atoms with Crippen LogP contribution in [0.15, 0.2) is 0 Å². The minimum absolute atomic E-state index is 0.0100. The molecule has 1 aliphatic heterocycles. The summed E-state index contributed by atoms with van der Waals surface area (Å²) in [5, 5.41) is 7.61. The summed E-state index contributed by atoms with van der Waals surface area (Å²) < 4.78 is 25.2. The number of nitrogens with zero attached hydrogens (tertiary/aromatic N) is 3. The van der Waals surface area contributed by atoms with E-state index in [1.807, 2.05) is 32.6 Å². The summed E-state index contributed by atoms with van der Waals surface area (Å²) in [7, 11) is 0.926. The van der Waals surface area contributed by atoms with Crippen LogP contribution in [0.4, 0.5) is 5.82 Å². The smallest absolute Gasteiger partial charge is 0.154 e. The van der Waals surface area contributed by atoms with Gasteiger partial charge in [0.25, 0.3) is 0 Å². The van der Waals surface area contributed by atoms with Crippen LogP contribution in [0.3, 0.4) is 0 Å². The Morgan fingerprint density at radius 2 is 2.16 bits per heavy atom. The van der Waals surface area contributed by atoms with Crippen LogP contribution in [0.25, 0.3) is 0 Å². The Balaban J connectivity index is 2.37. The summed E-state index contributed by atoms with van der Waals surface area (Å²) in [5.41, 5.74) is 2.14. The summed E-state index contributed by atoms with van der Waals surface area (Å²) in [6, 6.07) is -0.0100. The second-order valence-electron chi connectivity index (χ2n) is 5.20. The highest BCUT2D eigenvalue weighted by Gasteiger charge is 2.31.